The zero-order valence-electron chi connectivity index (χ0n) is 7.44. The van der Waals surface area contributed by atoms with Crippen LogP contribution in [0.25, 0.3) is 0 Å². The van der Waals surface area contributed by atoms with Gasteiger partial charge in [-0.3, -0.25) is 0 Å². The Bertz CT molecular complexity index is 173. The van der Waals surface area contributed by atoms with Crippen LogP contribution in [0.2, 0.25) is 0 Å². The monoisotopic (exact) mass is 172 g/mol. The van der Waals surface area contributed by atoms with E-state index in [9.17, 15) is 5.11 Å². The smallest absolute Gasteiger partial charge is 0.107 e. The van der Waals surface area contributed by atoms with Crippen LogP contribution in [0, 0.1) is 0 Å². The molecular formula is C9H16O3. The molecule has 0 spiro atoms. The molecule has 0 saturated carbocycles. The van der Waals surface area contributed by atoms with Gasteiger partial charge in [-0.2, -0.15) is 0 Å². The van der Waals surface area contributed by atoms with Gasteiger partial charge in [-0.25, -0.2) is 0 Å². The van der Waals surface area contributed by atoms with Gasteiger partial charge in [0.05, 0.1) is 6.61 Å². The van der Waals surface area contributed by atoms with Crippen LogP contribution in [0.5, 0.6) is 0 Å². The van der Waals surface area contributed by atoms with E-state index in [1.165, 1.54) is 0 Å². The third kappa shape index (κ3) is 3.17. The highest BCUT2D eigenvalue weighted by atomic mass is 16.4. The molecule has 0 amide bonds. The molecule has 12 heavy (non-hydrogen) atoms. The lowest BCUT2D eigenvalue weighted by Gasteiger charge is -2.16. The highest BCUT2D eigenvalue weighted by Gasteiger charge is 2.16. The minimum absolute atomic E-state index is 0.434. The molecule has 0 radical (unpaired) electrons. The van der Waals surface area contributed by atoms with Gasteiger partial charge in [0, 0.05) is 0 Å². The van der Waals surface area contributed by atoms with Gasteiger partial charge in [0.25, 0.3) is 0 Å². The molecule has 0 aromatic heterocycles. The lowest BCUT2D eigenvalue weighted by molar-refractivity contribution is 0.00560. The highest BCUT2D eigenvalue weighted by molar-refractivity contribution is 5.22. The van der Waals surface area contributed by atoms with Crippen LogP contribution in [-0.4, -0.2) is 34.1 Å². The first-order valence-electron chi connectivity index (χ1n) is 3.93. The Balaban J connectivity index is 4.32. The summed E-state index contributed by atoms with van der Waals surface area (Å²) in [5.41, 5.74) is 0.610. The van der Waals surface area contributed by atoms with E-state index in [1.807, 2.05) is 6.92 Å². The Labute approximate surface area is 72.7 Å². The van der Waals surface area contributed by atoms with Crippen molar-refractivity contribution in [1.82, 2.24) is 0 Å². The van der Waals surface area contributed by atoms with Gasteiger partial charge < -0.3 is 15.3 Å². The maximum atomic E-state index is 9.38. The number of aliphatic hydroxyl groups is 3. The molecule has 3 N–H and O–H groups in total. The van der Waals surface area contributed by atoms with Gasteiger partial charge in [0.1, 0.15) is 12.2 Å². The average molecular weight is 172 g/mol. The highest BCUT2D eigenvalue weighted by Crippen LogP contribution is 2.08. The van der Waals surface area contributed by atoms with Crippen molar-refractivity contribution in [3.8, 4) is 0 Å². The summed E-state index contributed by atoms with van der Waals surface area (Å²) < 4.78 is 0. The van der Waals surface area contributed by atoms with Crippen molar-refractivity contribution >= 4 is 0 Å². The molecule has 0 heterocycles. The van der Waals surface area contributed by atoms with Crippen molar-refractivity contribution in [2.75, 3.05) is 6.61 Å². The van der Waals surface area contributed by atoms with Gasteiger partial charge in [0.2, 0.25) is 0 Å². The van der Waals surface area contributed by atoms with Crippen LogP contribution in [0.1, 0.15) is 13.8 Å². The van der Waals surface area contributed by atoms with Gasteiger partial charge in [-0.15, -0.1) is 0 Å². The largest absolute Gasteiger partial charge is 0.394 e. The summed E-state index contributed by atoms with van der Waals surface area (Å²) in [4.78, 5) is 0. The Kier molecular flexibility index (Phi) is 5.62. The average Bonchev–Trinajstić information content (AvgIpc) is 2.11. The van der Waals surface area contributed by atoms with Crippen LogP contribution in [0.4, 0.5) is 0 Å². The van der Waals surface area contributed by atoms with Crippen molar-refractivity contribution in [3.05, 3.63) is 23.8 Å². The molecule has 0 fully saturated rings. The van der Waals surface area contributed by atoms with Crippen LogP contribution < -0.4 is 0 Å². The summed E-state index contributed by atoms with van der Waals surface area (Å²) in [5, 5.41) is 27.0. The van der Waals surface area contributed by atoms with Crippen molar-refractivity contribution in [2.24, 2.45) is 0 Å². The minimum atomic E-state index is -1.10. The SMILES string of the molecule is C/C=C\C(=C/C)C(O)C(O)CO. The second-order valence-corrected chi connectivity index (χ2v) is 2.48. The third-order valence-electron chi connectivity index (χ3n) is 1.59. The molecular weight excluding hydrogens is 156 g/mol. The van der Waals surface area contributed by atoms with E-state index >= 15 is 0 Å². The molecule has 0 aliphatic rings. The van der Waals surface area contributed by atoms with Crippen molar-refractivity contribution < 1.29 is 15.3 Å². The topological polar surface area (TPSA) is 60.7 Å². The summed E-state index contributed by atoms with van der Waals surface area (Å²) in [6, 6.07) is 0. The van der Waals surface area contributed by atoms with E-state index in [1.54, 1.807) is 25.2 Å². The number of hydrogen-bond acceptors (Lipinski definition) is 3. The maximum absolute atomic E-state index is 9.38. The number of allylic oxidation sites excluding steroid dienone is 2. The van der Waals surface area contributed by atoms with E-state index in [0.717, 1.165) is 0 Å². The first kappa shape index (κ1) is 11.4. The molecule has 0 aliphatic carbocycles. The first-order chi connectivity index (χ1) is 5.67. The maximum Gasteiger partial charge on any atom is 0.107 e. The molecule has 0 bridgehead atoms. The van der Waals surface area contributed by atoms with Gasteiger partial charge in [-0.1, -0.05) is 18.2 Å². The fraction of sp³-hybridized carbons (Fsp3) is 0.556. The fourth-order valence-electron chi connectivity index (χ4n) is 0.880. The first-order valence-corrected chi connectivity index (χ1v) is 3.93. The number of aliphatic hydroxyl groups excluding tert-OH is 3. The molecule has 2 atom stereocenters. The van der Waals surface area contributed by atoms with Crippen LogP contribution in [0.15, 0.2) is 23.8 Å². The Morgan fingerprint density at radius 1 is 1.33 bits per heavy atom. The molecule has 2 unspecified atom stereocenters. The second kappa shape index (κ2) is 5.94. The summed E-state index contributed by atoms with van der Waals surface area (Å²) in [5.74, 6) is 0. The standard InChI is InChI=1S/C9H16O3/c1-3-5-7(4-2)9(12)8(11)6-10/h3-5,8-12H,6H2,1-2H3/b5-3-,7-4+. The third-order valence-corrected chi connectivity index (χ3v) is 1.59. The van der Waals surface area contributed by atoms with E-state index in [2.05, 4.69) is 0 Å². The van der Waals surface area contributed by atoms with E-state index < -0.39 is 18.8 Å². The quantitative estimate of drug-likeness (QED) is 0.532. The molecule has 0 aromatic carbocycles. The lowest BCUT2D eigenvalue weighted by Crippen LogP contribution is -2.30. The van der Waals surface area contributed by atoms with Crippen LogP contribution in [0.3, 0.4) is 0 Å². The fourth-order valence-corrected chi connectivity index (χ4v) is 0.880. The summed E-state index contributed by atoms with van der Waals surface area (Å²) in [6.45, 7) is 3.15. The zero-order valence-corrected chi connectivity index (χ0v) is 7.44. The molecule has 0 aliphatic heterocycles. The van der Waals surface area contributed by atoms with Gasteiger partial charge in [0.15, 0.2) is 0 Å². The van der Waals surface area contributed by atoms with Crippen molar-refractivity contribution in [1.29, 1.82) is 0 Å². The number of rotatable bonds is 4. The van der Waals surface area contributed by atoms with Crippen LogP contribution in [-0.2, 0) is 0 Å². The van der Waals surface area contributed by atoms with Crippen molar-refractivity contribution in [2.45, 2.75) is 26.1 Å². The molecule has 0 saturated heterocycles. The second-order valence-electron chi connectivity index (χ2n) is 2.48. The number of hydrogen-bond donors (Lipinski definition) is 3. The predicted octanol–water partition coefficient (Wildman–Crippen LogP) is 0.223. The lowest BCUT2D eigenvalue weighted by atomic mass is 10.0. The molecule has 3 nitrogen and oxygen atoms in total. The Morgan fingerprint density at radius 3 is 2.25 bits per heavy atom. The normalized spacial score (nSPS) is 18.2. The van der Waals surface area contributed by atoms with E-state index in [-0.39, 0.29) is 0 Å². The summed E-state index contributed by atoms with van der Waals surface area (Å²) >= 11 is 0. The zero-order chi connectivity index (χ0) is 9.56. The molecule has 0 aromatic rings. The Morgan fingerprint density at radius 2 is 1.92 bits per heavy atom. The van der Waals surface area contributed by atoms with Gasteiger partial charge in [-0.05, 0) is 19.4 Å². The summed E-state index contributed by atoms with van der Waals surface area (Å²) in [7, 11) is 0. The van der Waals surface area contributed by atoms with E-state index in [0.29, 0.717) is 5.57 Å². The molecule has 3 heteroatoms. The molecule has 0 rings (SSSR count). The summed E-state index contributed by atoms with van der Waals surface area (Å²) in [6.07, 6.45) is 3.05. The Hall–Kier alpha value is -0.640. The van der Waals surface area contributed by atoms with Crippen LogP contribution >= 0.6 is 0 Å². The minimum Gasteiger partial charge on any atom is -0.394 e. The predicted molar refractivity (Wildman–Crippen MR) is 47.7 cm³/mol. The van der Waals surface area contributed by atoms with E-state index in [4.69, 9.17) is 10.2 Å². The van der Waals surface area contributed by atoms with Gasteiger partial charge >= 0.3 is 0 Å². The molecule has 70 valence electrons. The van der Waals surface area contributed by atoms with Crippen molar-refractivity contribution in [3.63, 3.8) is 0 Å².